The summed E-state index contributed by atoms with van der Waals surface area (Å²) in [6.45, 7) is -3.03. The Bertz CT molecular complexity index is 5080. The number of para-hydroxylation sites is 1. The average Bonchev–Trinajstić information content (AvgIpc) is 1.36. The molecule has 3 heterocycles. The van der Waals surface area contributed by atoms with Crippen LogP contribution in [0.4, 0.5) is 0 Å². The van der Waals surface area contributed by atoms with Crippen molar-refractivity contribution in [3.63, 3.8) is 0 Å². The molecule has 0 atom stereocenters. The number of benzene rings is 9. The predicted molar refractivity (Wildman–Crippen MR) is 297 cm³/mol. The van der Waals surface area contributed by atoms with Crippen molar-refractivity contribution in [1.29, 1.82) is 0 Å². The van der Waals surface area contributed by atoms with Crippen LogP contribution in [0.2, 0.25) is 0 Å². The lowest BCUT2D eigenvalue weighted by Crippen LogP contribution is -2.32. The number of nitrogens with zero attached hydrogens (tertiary/aromatic N) is 4. The standard InChI is InChI=1S/C67H54N4O/c1-44-20-18-21-45(2)65(44)50-32-35-61-63(37-50)69(43-70(61)66-57(47-22-10-7-11-23-47)38-51(67(4,5)6)39-58(66)48-24-12-8-13-25-48)52-28-19-29-53(40-52)72-54-33-34-56-55-30-16-17-31-60(55)71(62(56)41-54)64-36-46(3)59(42-68-64)49-26-14-9-15-27-49/h7-42H,1-6H3/i1D3,2D3,3D3,7D,8D,9D,10D,11D,12D,13D,14D,15D,22D,23D,24D,25D,26D,27D. The van der Waals surface area contributed by atoms with Crippen molar-refractivity contribution in [2.75, 3.05) is 0 Å². The summed E-state index contributed by atoms with van der Waals surface area (Å²) >= 11 is 0. The highest BCUT2D eigenvalue weighted by Gasteiger charge is 2.25. The molecule has 0 N–H and O–H groups in total. The van der Waals surface area contributed by atoms with Gasteiger partial charge in [0, 0.05) is 40.9 Å². The molecule has 0 spiro atoms. The van der Waals surface area contributed by atoms with Gasteiger partial charge in [0.25, 0.3) is 6.33 Å². The second kappa shape index (κ2) is 17.9. The Labute approximate surface area is 455 Å². The molecule has 0 saturated carbocycles. The topological polar surface area (TPSA) is 35.9 Å². The van der Waals surface area contributed by atoms with Gasteiger partial charge < -0.3 is 4.74 Å². The van der Waals surface area contributed by atoms with Crippen LogP contribution in [0.5, 0.6) is 11.5 Å². The lowest BCUT2D eigenvalue weighted by molar-refractivity contribution is -0.571. The average molecular weight is 955 g/mol. The van der Waals surface area contributed by atoms with Gasteiger partial charge in [-0.2, -0.15) is 0 Å². The van der Waals surface area contributed by atoms with Crippen LogP contribution in [-0.4, -0.2) is 14.1 Å². The minimum absolute atomic E-state index is 0.0391. The zero-order chi connectivity index (χ0) is 69.6. The third-order valence-corrected chi connectivity index (χ3v) is 12.6. The van der Waals surface area contributed by atoms with Crippen LogP contribution in [0.15, 0.2) is 218 Å². The number of aromatic nitrogens is 4. The summed E-state index contributed by atoms with van der Waals surface area (Å²) in [5.41, 5.74) is -0.779. The van der Waals surface area contributed by atoms with E-state index in [-0.39, 0.29) is 101 Å². The van der Waals surface area contributed by atoms with Gasteiger partial charge in [-0.3, -0.25) is 13.7 Å². The fraction of sp³-hybridized carbons (Fsp3) is 0.104. The molecule has 5 heteroatoms. The fourth-order valence-electron chi connectivity index (χ4n) is 9.18. The van der Waals surface area contributed by atoms with E-state index < -0.39 is 117 Å². The lowest BCUT2D eigenvalue weighted by atomic mass is 9.82. The first-order valence-corrected chi connectivity index (χ1v) is 22.8. The van der Waals surface area contributed by atoms with E-state index in [1.807, 2.05) is 32.9 Å². The molecule has 9 aromatic carbocycles. The van der Waals surface area contributed by atoms with E-state index in [2.05, 4.69) is 11.3 Å². The summed E-state index contributed by atoms with van der Waals surface area (Å²) in [4.78, 5) is 4.69. The maximum atomic E-state index is 9.41. The molecule has 0 aliphatic rings. The number of aryl methyl sites for hydroxylation is 3. The van der Waals surface area contributed by atoms with Crippen LogP contribution in [0.1, 0.15) is 75.9 Å². The van der Waals surface area contributed by atoms with Crippen LogP contribution in [0.25, 0.3) is 94.5 Å². The number of fused-ring (bicyclic) bond motifs is 4. The first kappa shape index (κ1) is 25.4. The van der Waals surface area contributed by atoms with Gasteiger partial charge in [0.1, 0.15) is 17.3 Å². The van der Waals surface area contributed by atoms with E-state index in [9.17, 15) is 5.48 Å². The zero-order valence-corrected chi connectivity index (χ0v) is 38.8. The van der Waals surface area contributed by atoms with Crippen LogP contribution >= 0.6 is 0 Å². The first-order valence-electron chi connectivity index (χ1n) is 34.8. The molecule has 0 fully saturated rings. The number of imidazole rings is 1. The normalized spacial score (nSPS) is 17.0. The fourth-order valence-corrected chi connectivity index (χ4v) is 9.18. The van der Waals surface area contributed by atoms with Crippen LogP contribution in [0, 0.1) is 26.9 Å². The van der Waals surface area contributed by atoms with Gasteiger partial charge in [0.05, 0.1) is 54.0 Å². The maximum Gasteiger partial charge on any atom is 0.269 e. The van der Waals surface area contributed by atoms with E-state index in [0.717, 1.165) is 5.39 Å². The highest BCUT2D eigenvalue weighted by molar-refractivity contribution is 6.09. The summed E-state index contributed by atoms with van der Waals surface area (Å²) in [6, 6.07) is 22.3. The minimum atomic E-state index is -2.88. The summed E-state index contributed by atoms with van der Waals surface area (Å²) in [7, 11) is 0. The second-order valence-electron chi connectivity index (χ2n) is 18.1. The second-order valence-corrected chi connectivity index (χ2v) is 18.1. The van der Waals surface area contributed by atoms with Gasteiger partial charge in [-0.15, -0.1) is 0 Å². The third-order valence-electron chi connectivity index (χ3n) is 12.6. The highest BCUT2D eigenvalue weighted by Crippen LogP contribution is 2.41. The molecule has 0 bridgehead atoms. The first-order chi connectivity index (χ1) is 44.9. The van der Waals surface area contributed by atoms with Gasteiger partial charge in [-0.05, 0) is 136 Å². The molecule has 12 rings (SSSR count). The van der Waals surface area contributed by atoms with Crippen LogP contribution in [-0.2, 0) is 5.41 Å². The van der Waals surface area contributed by atoms with E-state index in [0.29, 0.717) is 22.0 Å². The van der Waals surface area contributed by atoms with Gasteiger partial charge >= 0.3 is 0 Å². The SMILES string of the molecule is [2H]c1c([2H])c([2H])c(-c2cnc(-n3c4ccccc4c4ccc(Oc5cccc(-n6[c-][n+](-c7c(-c8c([2H])c([2H])c([2H])c([2H])c8[2H])cc(C(C)(C)C)cc7-c7c([2H])c([2H])c([2H])c([2H])c7[2H])c7ccc(-c8c(C([2H])([2H])[2H])cccc8C([2H])([2H])[2H])cc76)c5)cc43)cc2C([2H])([2H])[2H])c([2H])c1[2H]. The molecular weight excluding hydrogens is 877 g/mol. The maximum absolute atomic E-state index is 9.41. The van der Waals surface area contributed by atoms with Gasteiger partial charge in [-0.25, -0.2) is 4.98 Å². The number of ether oxygens (including phenoxy) is 1. The monoisotopic (exact) mass is 955 g/mol. The van der Waals surface area contributed by atoms with Crippen molar-refractivity contribution in [2.24, 2.45) is 0 Å². The molecule has 5 nitrogen and oxygen atoms in total. The van der Waals surface area contributed by atoms with Crippen molar-refractivity contribution in [1.82, 2.24) is 14.1 Å². The Morgan fingerprint density at radius 2 is 1.17 bits per heavy atom. The summed E-state index contributed by atoms with van der Waals surface area (Å²) in [5, 5.41) is 1.43. The Balaban J connectivity index is 1.12. The Morgan fingerprint density at radius 1 is 0.542 bits per heavy atom. The Hall–Kier alpha value is -8.80. The van der Waals surface area contributed by atoms with E-state index in [4.69, 9.17) is 32.2 Å². The smallest absolute Gasteiger partial charge is 0.269 e. The Kier molecular flexibility index (Phi) is 6.29. The highest BCUT2D eigenvalue weighted by atomic mass is 16.5. The van der Waals surface area contributed by atoms with Crippen molar-refractivity contribution in [3.8, 4) is 73.2 Å². The summed E-state index contributed by atoms with van der Waals surface area (Å²) < 4.78 is 222. The minimum Gasteiger partial charge on any atom is -0.458 e. The van der Waals surface area contributed by atoms with Gasteiger partial charge in [-0.1, -0.05) is 178 Å². The molecule has 348 valence electrons. The molecule has 3 aromatic heterocycles. The molecule has 72 heavy (non-hydrogen) atoms. The van der Waals surface area contributed by atoms with Gasteiger partial charge in [0.2, 0.25) is 0 Å². The summed E-state index contributed by atoms with van der Waals surface area (Å²) in [5.74, 6) is 0.554. The van der Waals surface area contributed by atoms with Gasteiger partial charge in [0.15, 0.2) is 0 Å². The molecule has 0 aliphatic carbocycles. The van der Waals surface area contributed by atoms with Crippen molar-refractivity contribution < 1.29 is 42.2 Å². The van der Waals surface area contributed by atoms with E-state index in [1.165, 1.54) is 45.7 Å². The molecule has 0 amide bonds. The molecule has 0 saturated heterocycles. The third kappa shape index (κ3) is 7.93. The predicted octanol–water partition coefficient (Wildman–Crippen LogP) is 16.9. The number of hydrogen-bond acceptors (Lipinski definition) is 2. The Morgan fingerprint density at radius 3 is 1.83 bits per heavy atom. The molecular formula is C67H54N4O. The van der Waals surface area contributed by atoms with Crippen molar-refractivity contribution >= 4 is 32.8 Å². The zero-order valence-electron chi connectivity index (χ0n) is 62.8. The van der Waals surface area contributed by atoms with Crippen LogP contribution < -0.4 is 9.30 Å². The quantitative estimate of drug-likeness (QED) is 0.107. The molecule has 0 unspecified atom stereocenters. The van der Waals surface area contributed by atoms with E-state index >= 15 is 0 Å². The van der Waals surface area contributed by atoms with Crippen LogP contribution in [0.3, 0.4) is 0 Å². The molecule has 0 aliphatic heterocycles. The molecule has 12 aromatic rings. The summed E-state index contributed by atoms with van der Waals surface area (Å²) in [6.07, 6.45) is 4.56. The lowest BCUT2D eigenvalue weighted by Gasteiger charge is -2.25. The number of pyridine rings is 1. The molecule has 0 radical (unpaired) electrons. The van der Waals surface area contributed by atoms with Crippen molar-refractivity contribution in [2.45, 2.75) is 46.7 Å². The number of hydrogen-bond donors (Lipinski definition) is 0. The van der Waals surface area contributed by atoms with Crippen molar-refractivity contribution in [3.05, 3.63) is 247 Å². The largest absolute Gasteiger partial charge is 0.458 e. The number of rotatable bonds is 9. The van der Waals surface area contributed by atoms with E-state index in [1.54, 1.807) is 83.4 Å².